The van der Waals surface area contributed by atoms with Crippen LogP contribution < -0.4 is 0 Å². The summed E-state index contributed by atoms with van der Waals surface area (Å²) in [5.74, 6) is 1.29. The van der Waals surface area contributed by atoms with E-state index in [-0.39, 0.29) is 6.10 Å². The van der Waals surface area contributed by atoms with Crippen molar-refractivity contribution in [2.75, 3.05) is 0 Å². The molecule has 1 heterocycles. The van der Waals surface area contributed by atoms with Crippen LogP contribution in [0, 0.1) is 5.92 Å². The van der Waals surface area contributed by atoms with Gasteiger partial charge in [-0.15, -0.1) is 0 Å². The van der Waals surface area contributed by atoms with Gasteiger partial charge in [-0.25, -0.2) is 0 Å². The van der Waals surface area contributed by atoms with Gasteiger partial charge in [-0.1, -0.05) is 12.2 Å². The minimum Gasteiger partial charge on any atom is -0.469 e. The Kier molecular flexibility index (Phi) is 3.04. The minimum atomic E-state index is -0.258. The van der Waals surface area contributed by atoms with E-state index in [1.807, 2.05) is 12.1 Å². The van der Waals surface area contributed by atoms with Crippen LogP contribution in [0.15, 0.2) is 35.0 Å². The van der Waals surface area contributed by atoms with Crippen LogP contribution in [-0.4, -0.2) is 11.2 Å². The maximum absolute atomic E-state index is 9.95. The predicted octanol–water partition coefficient (Wildman–Crippen LogP) is 2.54. The molecule has 1 aliphatic carbocycles. The van der Waals surface area contributed by atoms with Crippen molar-refractivity contribution in [3.63, 3.8) is 0 Å². The van der Waals surface area contributed by atoms with Crippen molar-refractivity contribution in [3.05, 3.63) is 36.3 Å². The number of aliphatic hydroxyl groups excluding tert-OH is 1. The molecule has 1 N–H and O–H groups in total. The van der Waals surface area contributed by atoms with E-state index in [2.05, 4.69) is 12.2 Å². The number of hydrogen-bond donors (Lipinski definition) is 1. The molecule has 0 radical (unpaired) electrons. The molecule has 76 valence electrons. The summed E-state index contributed by atoms with van der Waals surface area (Å²) in [5, 5.41) is 9.95. The maximum atomic E-state index is 9.95. The quantitative estimate of drug-likeness (QED) is 0.746. The highest BCUT2D eigenvalue weighted by atomic mass is 16.3. The number of allylic oxidation sites excluding steroid dienone is 2. The van der Waals surface area contributed by atoms with Gasteiger partial charge in [0.2, 0.25) is 0 Å². The fraction of sp³-hybridized carbons (Fsp3) is 0.500. The molecule has 14 heavy (non-hydrogen) atoms. The van der Waals surface area contributed by atoms with Gasteiger partial charge in [0.25, 0.3) is 0 Å². The summed E-state index contributed by atoms with van der Waals surface area (Å²) in [6.07, 6.45) is 9.59. The van der Waals surface area contributed by atoms with Crippen LogP contribution in [-0.2, 0) is 6.42 Å². The molecule has 0 amide bonds. The highest BCUT2D eigenvalue weighted by Gasteiger charge is 2.20. The molecule has 1 aliphatic rings. The third kappa shape index (κ3) is 2.26. The summed E-state index contributed by atoms with van der Waals surface area (Å²) in [6.45, 7) is 0. The van der Waals surface area contributed by atoms with E-state index in [1.54, 1.807) is 6.26 Å². The van der Waals surface area contributed by atoms with Crippen LogP contribution in [0.1, 0.15) is 25.0 Å². The molecule has 1 aromatic rings. The fourth-order valence-corrected chi connectivity index (χ4v) is 1.97. The molecule has 2 rings (SSSR count). The molecule has 0 aliphatic heterocycles. The van der Waals surface area contributed by atoms with E-state index >= 15 is 0 Å². The SMILES string of the molecule is OC(Cc1ccco1)C1CC=CCC1. The largest absolute Gasteiger partial charge is 0.469 e. The Hall–Kier alpha value is -1.02. The van der Waals surface area contributed by atoms with Gasteiger partial charge in [0, 0.05) is 6.42 Å². The van der Waals surface area contributed by atoms with Crippen molar-refractivity contribution in [1.29, 1.82) is 0 Å². The summed E-state index contributed by atoms with van der Waals surface area (Å²) >= 11 is 0. The monoisotopic (exact) mass is 192 g/mol. The maximum Gasteiger partial charge on any atom is 0.106 e. The predicted molar refractivity (Wildman–Crippen MR) is 54.9 cm³/mol. The summed E-state index contributed by atoms with van der Waals surface area (Å²) in [7, 11) is 0. The third-order valence-corrected chi connectivity index (χ3v) is 2.84. The van der Waals surface area contributed by atoms with Gasteiger partial charge >= 0.3 is 0 Å². The van der Waals surface area contributed by atoms with Gasteiger partial charge in [-0.3, -0.25) is 0 Å². The summed E-state index contributed by atoms with van der Waals surface area (Å²) in [6, 6.07) is 3.78. The summed E-state index contributed by atoms with van der Waals surface area (Å²) in [4.78, 5) is 0. The average molecular weight is 192 g/mol. The molecule has 0 fully saturated rings. The molecule has 0 spiro atoms. The zero-order chi connectivity index (χ0) is 9.80. The first kappa shape index (κ1) is 9.53. The molecule has 1 aromatic heterocycles. The summed E-state index contributed by atoms with van der Waals surface area (Å²) in [5.41, 5.74) is 0. The van der Waals surface area contributed by atoms with E-state index in [9.17, 15) is 5.11 Å². The van der Waals surface area contributed by atoms with Gasteiger partial charge in [-0.05, 0) is 37.3 Å². The second kappa shape index (κ2) is 4.47. The van der Waals surface area contributed by atoms with Crippen molar-refractivity contribution in [1.82, 2.24) is 0 Å². The smallest absolute Gasteiger partial charge is 0.106 e. The van der Waals surface area contributed by atoms with Crippen LogP contribution >= 0.6 is 0 Å². The topological polar surface area (TPSA) is 33.4 Å². The van der Waals surface area contributed by atoms with E-state index < -0.39 is 0 Å². The van der Waals surface area contributed by atoms with E-state index in [0.29, 0.717) is 12.3 Å². The minimum absolute atomic E-state index is 0.258. The standard InChI is InChI=1S/C12H16O2/c13-12(9-11-7-4-8-14-11)10-5-2-1-3-6-10/h1-2,4,7-8,10,12-13H,3,5-6,9H2. The first-order chi connectivity index (χ1) is 6.86. The van der Waals surface area contributed by atoms with Gasteiger partial charge in [0.15, 0.2) is 0 Å². The molecule has 0 saturated carbocycles. The lowest BCUT2D eigenvalue weighted by molar-refractivity contribution is 0.0969. The average Bonchev–Trinajstić information content (AvgIpc) is 2.72. The molecule has 2 atom stereocenters. The Balaban J connectivity index is 1.89. The molecule has 0 aromatic carbocycles. The third-order valence-electron chi connectivity index (χ3n) is 2.84. The second-order valence-corrected chi connectivity index (χ2v) is 3.90. The zero-order valence-corrected chi connectivity index (χ0v) is 8.23. The van der Waals surface area contributed by atoms with Crippen LogP contribution in [0.4, 0.5) is 0 Å². The number of rotatable bonds is 3. The molecule has 2 heteroatoms. The molecular formula is C12H16O2. The van der Waals surface area contributed by atoms with Crippen LogP contribution in [0.3, 0.4) is 0 Å². The number of furan rings is 1. The van der Waals surface area contributed by atoms with Gasteiger partial charge in [0.05, 0.1) is 12.4 Å². The lowest BCUT2D eigenvalue weighted by Gasteiger charge is -2.22. The molecule has 2 nitrogen and oxygen atoms in total. The lowest BCUT2D eigenvalue weighted by atomic mass is 9.87. The first-order valence-corrected chi connectivity index (χ1v) is 5.21. The normalized spacial score (nSPS) is 23.6. The van der Waals surface area contributed by atoms with E-state index in [4.69, 9.17) is 4.42 Å². The summed E-state index contributed by atoms with van der Waals surface area (Å²) < 4.78 is 5.22. The second-order valence-electron chi connectivity index (χ2n) is 3.90. The molecular weight excluding hydrogens is 176 g/mol. The van der Waals surface area contributed by atoms with Gasteiger partial charge in [-0.2, -0.15) is 0 Å². The van der Waals surface area contributed by atoms with Crippen molar-refractivity contribution in [3.8, 4) is 0 Å². The highest BCUT2D eigenvalue weighted by molar-refractivity contribution is 5.01. The Bertz CT molecular complexity index is 287. The molecule has 2 unspecified atom stereocenters. The Morgan fingerprint density at radius 1 is 1.50 bits per heavy atom. The van der Waals surface area contributed by atoms with Gasteiger partial charge in [0.1, 0.15) is 5.76 Å². The van der Waals surface area contributed by atoms with Gasteiger partial charge < -0.3 is 9.52 Å². The van der Waals surface area contributed by atoms with Crippen molar-refractivity contribution in [2.24, 2.45) is 5.92 Å². The Morgan fingerprint density at radius 2 is 2.43 bits per heavy atom. The van der Waals surface area contributed by atoms with Crippen LogP contribution in [0.25, 0.3) is 0 Å². The Labute approximate surface area is 84.2 Å². The number of aliphatic hydroxyl groups is 1. The zero-order valence-electron chi connectivity index (χ0n) is 8.23. The molecule has 0 bridgehead atoms. The highest BCUT2D eigenvalue weighted by Crippen LogP contribution is 2.23. The van der Waals surface area contributed by atoms with Crippen LogP contribution in [0.2, 0.25) is 0 Å². The van der Waals surface area contributed by atoms with Crippen molar-refractivity contribution >= 4 is 0 Å². The van der Waals surface area contributed by atoms with Crippen molar-refractivity contribution < 1.29 is 9.52 Å². The fourth-order valence-electron chi connectivity index (χ4n) is 1.97. The van der Waals surface area contributed by atoms with E-state index in [1.165, 1.54) is 0 Å². The Morgan fingerprint density at radius 3 is 3.07 bits per heavy atom. The molecule has 0 saturated heterocycles. The van der Waals surface area contributed by atoms with E-state index in [0.717, 1.165) is 25.0 Å². The van der Waals surface area contributed by atoms with Crippen molar-refractivity contribution in [2.45, 2.75) is 31.8 Å². The number of hydrogen-bond acceptors (Lipinski definition) is 2. The van der Waals surface area contributed by atoms with Crippen LogP contribution in [0.5, 0.6) is 0 Å². The first-order valence-electron chi connectivity index (χ1n) is 5.21. The lowest BCUT2D eigenvalue weighted by Crippen LogP contribution is -2.23.